The Hall–Kier alpha value is -0.700. The van der Waals surface area contributed by atoms with Gasteiger partial charge >= 0.3 is 0 Å². The van der Waals surface area contributed by atoms with Crippen LogP contribution in [0.5, 0.6) is 0 Å². The van der Waals surface area contributed by atoms with E-state index in [0.29, 0.717) is 28.1 Å². The van der Waals surface area contributed by atoms with Crippen molar-refractivity contribution in [2.45, 2.75) is 10.1 Å². The van der Waals surface area contributed by atoms with Crippen LogP contribution in [0.4, 0.5) is 5.00 Å². The lowest BCUT2D eigenvalue weighted by Gasteiger charge is -2.20. The van der Waals surface area contributed by atoms with Crippen molar-refractivity contribution in [3.8, 4) is 0 Å². The summed E-state index contributed by atoms with van der Waals surface area (Å²) in [5.74, 6) is -1.81. The third-order valence-corrected chi connectivity index (χ3v) is 11.5. The number of hydrogen-bond donors (Lipinski definition) is 0. The second-order valence-corrected chi connectivity index (χ2v) is 15.1. The highest BCUT2D eigenvalue weighted by atomic mass is 32.2. The standard InChI is InChI=1S/C11H6N2O8S8/c14-10-24-6-8(26-10)22-4(12(6)2-28(16,17)18)1-5-13(3-29(19,20)21)7-9(23-5)27-11(15)25-7/h1H,2-3H2,(H-,16,17,18,19,20,21)/p-1. The molecule has 0 spiro atoms. The van der Waals surface area contributed by atoms with Crippen molar-refractivity contribution in [3.05, 3.63) is 27.7 Å². The molecule has 0 bridgehead atoms. The smallest absolute Gasteiger partial charge is 0.295 e. The van der Waals surface area contributed by atoms with Gasteiger partial charge in [-0.3, -0.25) is 9.59 Å². The molecule has 0 amide bonds. The monoisotopic (exact) mass is 549 g/mol. The molecule has 0 saturated heterocycles. The maximum Gasteiger partial charge on any atom is 0.295 e. The van der Waals surface area contributed by atoms with E-state index in [0.717, 1.165) is 68.4 Å². The zero-order valence-electron chi connectivity index (χ0n) is 13.4. The molecule has 0 fully saturated rings. The Morgan fingerprint density at radius 3 is 2.28 bits per heavy atom. The number of thioether (sulfide) groups is 1. The summed E-state index contributed by atoms with van der Waals surface area (Å²) in [4.78, 5) is 24.7. The SMILES string of the molecule is O=c1sc2c(s1)N(CS(=O)(=O)[O-])C(=Cc1sc3sc(=O)sc3[n+]1CS(=O)(=O)[O-])S2. The fraction of sp³-hybridized carbons (Fsp3) is 0.182. The molecule has 0 aliphatic carbocycles. The molecule has 0 radical (unpaired) electrons. The lowest BCUT2D eigenvalue weighted by molar-refractivity contribution is -0.647. The molecule has 0 atom stereocenters. The number of nitrogens with zero attached hydrogens (tertiary/aromatic N) is 2. The molecule has 4 heterocycles. The highest BCUT2D eigenvalue weighted by Crippen LogP contribution is 2.50. The summed E-state index contributed by atoms with van der Waals surface area (Å²) in [5.41, 5.74) is 0. The predicted molar refractivity (Wildman–Crippen MR) is 113 cm³/mol. The molecule has 0 N–H and O–H groups in total. The summed E-state index contributed by atoms with van der Waals surface area (Å²) in [5, 5.41) is 0.905. The van der Waals surface area contributed by atoms with Gasteiger partial charge in [0.15, 0.2) is 14.1 Å². The zero-order chi connectivity index (χ0) is 21.1. The Balaban J connectivity index is 1.86. The van der Waals surface area contributed by atoms with Crippen LogP contribution >= 0.6 is 68.4 Å². The molecule has 3 aromatic heterocycles. The minimum atomic E-state index is -4.68. The van der Waals surface area contributed by atoms with Gasteiger partial charge in [-0.2, -0.15) is 4.57 Å². The fourth-order valence-corrected chi connectivity index (χ4v) is 11.3. The van der Waals surface area contributed by atoms with Crippen molar-refractivity contribution < 1.29 is 30.5 Å². The van der Waals surface area contributed by atoms with Crippen LogP contribution in [-0.2, 0) is 26.1 Å². The van der Waals surface area contributed by atoms with E-state index in [9.17, 15) is 35.5 Å². The Kier molecular flexibility index (Phi) is 5.54. The van der Waals surface area contributed by atoms with E-state index < -0.39 is 32.0 Å². The molecule has 29 heavy (non-hydrogen) atoms. The largest absolute Gasteiger partial charge is 0.747 e. The van der Waals surface area contributed by atoms with Gasteiger partial charge in [-0.25, -0.2) is 16.8 Å². The van der Waals surface area contributed by atoms with Gasteiger partial charge in [0, 0.05) is 0 Å². The maximum absolute atomic E-state index is 11.6. The van der Waals surface area contributed by atoms with Crippen LogP contribution in [0, 0.1) is 0 Å². The first kappa shape index (κ1) is 21.5. The van der Waals surface area contributed by atoms with Gasteiger partial charge in [0.2, 0.25) is 5.88 Å². The van der Waals surface area contributed by atoms with E-state index in [2.05, 4.69) is 0 Å². The first-order chi connectivity index (χ1) is 13.4. The second-order valence-electron chi connectivity index (χ2n) is 5.35. The Morgan fingerprint density at radius 1 is 0.931 bits per heavy atom. The minimum absolute atomic E-state index is 0.260. The number of fused-ring (bicyclic) bond motifs is 2. The summed E-state index contributed by atoms with van der Waals surface area (Å²) in [6.07, 6.45) is 1.44. The highest BCUT2D eigenvalue weighted by Gasteiger charge is 2.33. The van der Waals surface area contributed by atoms with Crippen LogP contribution in [0.15, 0.2) is 18.8 Å². The number of rotatable bonds is 5. The van der Waals surface area contributed by atoms with Crippen molar-refractivity contribution in [1.29, 1.82) is 0 Å². The molecule has 0 aromatic carbocycles. The van der Waals surface area contributed by atoms with Crippen LogP contribution in [-0.4, -0.2) is 31.8 Å². The molecule has 4 rings (SSSR count). The van der Waals surface area contributed by atoms with Crippen LogP contribution in [0.3, 0.4) is 0 Å². The number of hydrogen-bond acceptors (Lipinski definition) is 15. The summed E-state index contributed by atoms with van der Waals surface area (Å²) < 4.78 is 69.7. The lowest BCUT2D eigenvalue weighted by atomic mass is 10.5. The maximum atomic E-state index is 11.6. The van der Waals surface area contributed by atoms with Gasteiger partial charge in [-0.15, -0.1) is 0 Å². The Bertz CT molecular complexity index is 1480. The van der Waals surface area contributed by atoms with Gasteiger partial charge in [-0.05, 0) is 22.7 Å². The first-order valence-electron chi connectivity index (χ1n) is 7.04. The van der Waals surface area contributed by atoms with Gasteiger partial charge in [0.05, 0.1) is 11.1 Å². The predicted octanol–water partition coefficient (Wildman–Crippen LogP) is 1.07. The summed E-state index contributed by atoms with van der Waals surface area (Å²) in [7, 11) is -9.36. The van der Waals surface area contributed by atoms with E-state index >= 15 is 0 Å². The topological polar surface area (TPSA) is 156 Å². The molecular formula is C11H5N2O8S8-. The van der Waals surface area contributed by atoms with Crippen LogP contribution < -0.4 is 17.6 Å². The highest BCUT2D eigenvalue weighted by molar-refractivity contribution is 8.06. The van der Waals surface area contributed by atoms with E-state index in [4.69, 9.17) is 0 Å². The number of aromatic nitrogens is 1. The third kappa shape index (κ3) is 4.65. The van der Waals surface area contributed by atoms with Crippen molar-refractivity contribution in [3.63, 3.8) is 0 Å². The lowest BCUT2D eigenvalue weighted by Crippen LogP contribution is -2.39. The normalized spacial score (nSPS) is 16.2. The van der Waals surface area contributed by atoms with Gasteiger partial charge in [-0.1, -0.05) is 45.8 Å². The van der Waals surface area contributed by atoms with Crippen molar-refractivity contribution >= 4 is 109 Å². The van der Waals surface area contributed by atoms with Crippen molar-refractivity contribution in [2.24, 2.45) is 0 Å². The number of thiazole rings is 1. The van der Waals surface area contributed by atoms with Gasteiger partial charge < -0.3 is 14.0 Å². The summed E-state index contributed by atoms with van der Waals surface area (Å²) in [6, 6.07) is 0. The molecule has 1 aliphatic heterocycles. The van der Waals surface area contributed by atoms with Gasteiger partial charge in [0.1, 0.15) is 25.2 Å². The summed E-state index contributed by atoms with van der Waals surface area (Å²) in [6.45, 7) is 0. The van der Waals surface area contributed by atoms with Crippen LogP contribution in [0.25, 0.3) is 14.9 Å². The number of anilines is 1. The summed E-state index contributed by atoms with van der Waals surface area (Å²) >= 11 is 5.54. The molecule has 0 saturated carbocycles. The van der Waals surface area contributed by atoms with E-state index in [1.807, 2.05) is 0 Å². The molecule has 10 nitrogen and oxygen atoms in total. The average Bonchev–Trinajstić information content (AvgIpc) is 3.22. The Morgan fingerprint density at radius 2 is 1.62 bits per heavy atom. The van der Waals surface area contributed by atoms with Crippen molar-refractivity contribution in [1.82, 2.24) is 0 Å². The van der Waals surface area contributed by atoms with Gasteiger partial charge in [0.25, 0.3) is 18.0 Å². The van der Waals surface area contributed by atoms with Crippen LogP contribution in [0.2, 0.25) is 0 Å². The third-order valence-electron chi connectivity index (χ3n) is 3.30. The Labute approximate surface area is 186 Å². The quantitative estimate of drug-likeness (QED) is 0.333. The molecule has 0 unspecified atom stereocenters. The molecule has 156 valence electrons. The van der Waals surface area contributed by atoms with E-state index in [1.54, 1.807) is 0 Å². The minimum Gasteiger partial charge on any atom is -0.747 e. The molecule has 1 aliphatic rings. The van der Waals surface area contributed by atoms with Crippen LogP contribution in [0.1, 0.15) is 5.01 Å². The average molecular weight is 550 g/mol. The van der Waals surface area contributed by atoms with E-state index in [-0.39, 0.29) is 8.11 Å². The molecule has 3 aromatic rings. The fourth-order valence-electron chi connectivity index (χ4n) is 2.36. The zero-order valence-corrected chi connectivity index (χ0v) is 19.9. The first-order valence-corrected chi connectivity index (χ1v) is 15.1. The molecule has 18 heteroatoms. The van der Waals surface area contributed by atoms with Crippen molar-refractivity contribution in [2.75, 3.05) is 10.8 Å². The van der Waals surface area contributed by atoms with E-state index in [1.165, 1.54) is 15.5 Å². The second kappa shape index (κ2) is 7.46. The molecular weight excluding hydrogens is 545 g/mol.